The lowest BCUT2D eigenvalue weighted by Crippen LogP contribution is -1.92. The van der Waals surface area contributed by atoms with E-state index in [2.05, 4.69) is 0 Å². The summed E-state index contributed by atoms with van der Waals surface area (Å²) in [7, 11) is 3.55. The minimum absolute atomic E-state index is 1.09. The molecule has 0 heterocycles. The second-order valence-electron chi connectivity index (χ2n) is 4.11. The minimum atomic E-state index is 1.09. The number of rotatable bonds is 3. The standard InChI is InChI=1S/C10H18P2/c1-2-6-9(5-1)11-12-10-7-3-4-8-10/h9-10H,1-8H2. The van der Waals surface area contributed by atoms with Gasteiger partial charge in [0.05, 0.1) is 0 Å². The fourth-order valence-electron chi connectivity index (χ4n) is 2.23. The summed E-state index contributed by atoms with van der Waals surface area (Å²) in [5, 5.41) is 0. The average molecular weight is 200 g/mol. The van der Waals surface area contributed by atoms with Crippen LogP contribution in [0.4, 0.5) is 0 Å². The highest BCUT2D eigenvalue weighted by molar-refractivity contribution is 8.12. The van der Waals surface area contributed by atoms with Gasteiger partial charge in [0.1, 0.15) is 0 Å². The van der Waals surface area contributed by atoms with Gasteiger partial charge in [-0.25, -0.2) is 0 Å². The molecule has 2 radical (unpaired) electrons. The van der Waals surface area contributed by atoms with Crippen molar-refractivity contribution in [2.45, 2.75) is 62.7 Å². The first-order chi connectivity index (χ1) is 5.95. The number of hydrogen-bond acceptors (Lipinski definition) is 0. The van der Waals surface area contributed by atoms with Gasteiger partial charge in [-0.3, -0.25) is 0 Å². The molecule has 0 aromatic heterocycles. The van der Waals surface area contributed by atoms with Gasteiger partial charge < -0.3 is 0 Å². The number of hydrogen-bond donors (Lipinski definition) is 0. The van der Waals surface area contributed by atoms with Crippen LogP contribution >= 0.6 is 16.5 Å². The molecule has 0 nitrogen and oxygen atoms in total. The Morgan fingerprint density at radius 3 is 1.25 bits per heavy atom. The van der Waals surface area contributed by atoms with Crippen LogP contribution in [-0.4, -0.2) is 11.3 Å². The molecule has 2 aliphatic rings. The Bertz CT molecular complexity index is 108. The summed E-state index contributed by atoms with van der Waals surface area (Å²) >= 11 is 0. The van der Waals surface area contributed by atoms with Crippen LogP contribution in [0.5, 0.6) is 0 Å². The maximum absolute atomic E-state index is 1.77. The van der Waals surface area contributed by atoms with E-state index in [-0.39, 0.29) is 0 Å². The molecule has 2 fully saturated rings. The zero-order chi connectivity index (χ0) is 8.23. The Kier molecular flexibility index (Phi) is 3.86. The smallest absolute Gasteiger partial charge is 0.0125 e. The maximum Gasteiger partial charge on any atom is -0.0125 e. The van der Waals surface area contributed by atoms with Gasteiger partial charge in [0.2, 0.25) is 0 Å². The van der Waals surface area contributed by atoms with Crippen molar-refractivity contribution in [1.29, 1.82) is 0 Å². The average Bonchev–Trinajstić information content (AvgIpc) is 2.74. The molecule has 2 aliphatic carbocycles. The van der Waals surface area contributed by atoms with Crippen molar-refractivity contribution < 1.29 is 0 Å². The molecule has 2 saturated carbocycles. The normalized spacial score (nSPS) is 29.0. The van der Waals surface area contributed by atoms with Crippen LogP contribution in [0.2, 0.25) is 0 Å². The molecule has 2 rings (SSSR count). The van der Waals surface area contributed by atoms with Crippen LogP contribution in [-0.2, 0) is 0 Å². The highest BCUT2D eigenvalue weighted by Crippen LogP contribution is 2.53. The van der Waals surface area contributed by atoms with Crippen LogP contribution in [0.1, 0.15) is 51.4 Å². The molecule has 2 heteroatoms. The molecule has 0 aliphatic heterocycles. The zero-order valence-electron chi connectivity index (χ0n) is 7.71. The lowest BCUT2D eigenvalue weighted by atomic mass is 10.4. The second-order valence-corrected chi connectivity index (χ2v) is 7.42. The lowest BCUT2D eigenvalue weighted by molar-refractivity contribution is 0.886. The summed E-state index contributed by atoms with van der Waals surface area (Å²) in [6.45, 7) is 0. The van der Waals surface area contributed by atoms with E-state index in [4.69, 9.17) is 0 Å². The van der Waals surface area contributed by atoms with Crippen LogP contribution in [0, 0.1) is 0 Å². The molecule has 68 valence electrons. The Morgan fingerprint density at radius 2 is 0.917 bits per heavy atom. The summed E-state index contributed by atoms with van der Waals surface area (Å²) in [5.74, 6) is 0. The third kappa shape index (κ3) is 2.68. The van der Waals surface area contributed by atoms with Gasteiger partial charge in [0.15, 0.2) is 0 Å². The van der Waals surface area contributed by atoms with E-state index in [1.54, 1.807) is 16.5 Å². The molecule has 12 heavy (non-hydrogen) atoms. The van der Waals surface area contributed by atoms with Gasteiger partial charge in [-0.05, 0) is 53.5 Å². The Morgan fingerprint density at radius 1 is 0.583 bits per heavy atom. The van der Waals surface area contributed by atoms with Gasteiger partial charge in [-0.15, -0.1) is 0 Å². The minimum Gasteiger partial charge on any atom is -0.0527 e. The topological polar surface area (TPSA) is 0 Å². The second kappa shape index (κ2) is 4.92. The summed E-state index contributed by atoms with van der Waals surface area (Å²) in [5.41, 5.74) is 2.18. The Balaban J connectivity index is 1.60. The van der Waals surface area contributed by atoms with E-state index in [9.17, 15) is 0 Å². The van der Waals surface area contributed by atoms with Crippen molar-refractivity contribution >= 4 is 16.5 Å². The van der Waals surface area contributed by atoms with Crippen LogP contribution in [0.3, 0.4) is 0 Å². The van der Waals surface area contributed by atoms with Crippen molar-refractivity contribution in [1.82, 2.24) is 0 Å². The molecule has 0 aromatic carbocycles. The molecule has 0 amide bonds. The third-order valence-corrected chi connectivity index (χ3v) is 7.22. The van der Waals surface area contributed by atoms with Crippen LogP contribution in [0.15, 0.2) is 0 Å². The van der Waals surface area contributed by atoms with Crippen LogP contribution < -0.4 is 0 Å². The highest BCUT2D eigenvalue weighted by atomic mass is 32.0. The molecular weight excluding hydrogens is 182 g/mol. The SMILES string of the molecule is C1CCC([P][P]C2CCCC2)C1. The predicted molar refractivity (Wildman–Crippen MR) is 58.4 cm³/mol. The molecule has 0 saturated heterocycles. The van der Waals surface area contributed by atoms with Gasteiger partial charge >= 0.3 is 0 Å². The van der Waals surface area contributed by atoms with Crippen molar-refractivity contribution in [2.75, 3.05) is 0 Å². The molecule has 0 aromatic rings. The van der Waals surface area contributed by atoms with E-state index in [1.807, 2.05) is 0 Å². The summed E-state index contributed by atoms with van der Waals surface area (Å²) in [6, 6.07) is 0. The van der Waals surface area contributed by atoms with Gasteiger partial charge in [-0.2, -0.15) is 0 Å². The van der Waals surface area contributed by atoms with Gasteiger partial charge in [0.25, 0.3) is 0 Å². The first-order valence-corrected chi connectivity index (χ1v) is 7.98. The fraction of sp³-hybridized carbons (Fsp3) is 1.00. The van der Waals surface area contributed by atoms with Crippen molar-refractivity contribution in [3.05, 3.63) is 0 Å². The van der Waals surface area contributed by atoms with Crippen molar-refractivity contribution in [2.24, 2.45) is 0 Å². The molecule has 0 spiro atoms. The predicted octanol–water partition coefficient (Wildman–Crippen LogP) is 4.68. The van der Waals surface area contributed by atoms with E-state index >= 15 is 0 Å². The Hall–Kier alpha value is 0.860. The quantitative estimate of drug-likeness (QED) is 0.580. The van der Waals surface area contributed by atoms with Gasteiger partial charge in [0, 0.05) is 0 Å². The zero-order valence-corrected chi connectivity index (χ0v) is 9.49. The van der Waals surface area contributed by atoms with Crippen molar-refractivity contribution in [3.8, 4) is 0 Å². The molecule has 0 bridgehead atoms. The van der Waals surface area contributed by atoms with E-state index < -0.39 is 0 Å². The maximum atomic E-state index is 1.77. The van der Waals surface area contributed by atoms with Gasteiger partial charge in [-0.1, -0.05) is 25.7 Å². The van der Waals surface area contributed by atoms with E-state index in [0.29, 0.717) is 0 Å². The summed E-state index contributed by atoms with van der Waals surface area (Å²) in [6.07, 6.45) is 12.2. The fourth-order valence-corrected chi connectivity index (χ4v) is 6.31. The lowest BCUT2D eigenvalue weighted by Gasteiger charge is -2.11. The first kappa shape index (κ1) is 9.42. The third-order valence-electron chi connectivity index (χ3n) is 3.04. The Labute approximate surface area is 79.7 Å². The first-order valence-electron chi connectivity index (χ1n) is 5.35. The van der Waals surface area contributed by atoms with E-state index in [1.165, 1.54) is 51.4 Å². The molecule has 0 N–H and O–H groups in total. The summed E-state index contributed by atoms with van der Waals surface area (Å²) in [4.78, 5) is 0. The largest absolute Gasteiger partial charge is 0.0527 e. The molecular formula is C10H18P2. The van der Waals surface area contributed by atoms with E-state index in [0.717, 1.165) is 11.3 Å². The van der Waals surface area contributed by atoms with Crippen molar-refractivity contribution in [3.63, 3.8) is 0 Å². The molecule has 0 unspecified atom stereocenters. The monoisotopic (exact) mass is 200 g/mol. The molecule has 0 atom stereocenters. The highest BCUT2D eigenvalue weighted by Gasteiger charge is 2.20. The van der Waals surface area contributed by atoms with Crippen LogP contribution in [0.25, 0.3) is 0 Å². The summed E-state index contributed by atoms with van der Waals surface area (Å²) < 4.78 is 0.